The summed E-state index contributed by atoms with van der Waals surface area (Å²) < 4.78 is 0. The summed E-state index contributed by atoms with van der Waals surface area (Å²) in [5.41, 5.74) is 0. The predicted octanol–water partition coefficient (Wildman–Crippen LogP) is 2.61. The van der Waals surface area contributed by atoms with Crippen molar-refractivity contribution in [2.75, 3.05) is 13.1 Å². The minimum Gasteiger partial charge on any atom is -0.481 e. The average Bonchev–Trinajstić information content (AvgIpc) is 2.42. The third kappa shape index (κ3) is 7.36. The van der Waals surface area contributed by atoms with Gasteiger partial charge in [-0.1, -0.05) is 26.7 Å². The van der Waals surface area contributed by atoms with Crippen LogP contribution in [0, 0.1) is 17.8 Å². The zero-order valence-corrected chi connectivity index (χ0v) is 12.7. The van der Waals surface area contributed by atoms with Crippen LogP contribution in [0.3, 0.4) is 0 Å². The molecule has 0 aromatic heterocycles. The molecule has 5 nitrogen and oxygen atoms in total. The molecular weight excluding hydrogens is 256 g/mol. The first-order valence-corrected chi connectivity index (χ1v) is 7.70. The number of rotatable bonds is 7. The van der Waals surface area contributed by atoms with Crippen molar-refractivity contribution < 1.29 is 14.7 Å². The molecule has 20 heavy (non-hydrogen) atoms. The second-order valence-corrected chi connectivity index (χ2v) is 6.25. The van der Waals surface area contributed by atoms with Crippen molar-refractivity contribution in [2.45, 2.75) is 52.4 Å². The van der Waals surface area contributed by atoms with E-state index in [4.69, 9.17) is 5.11 Å². The molecule has 0 radical (unpaired) electrons. The average molecular weight is 284 g/mol. The van der Waals surface area contributed by atoms with Gasteiger partial charge in [0.2, 0.25) is 0 Å². The number of carboxylic acids is 1. The number of carboxylic acid groups (broad SMARTS) is 1. The number of hydrogen-bond donors (Lipinski definition) is 3. The van der Waals surface area contributed by atoms with Crippen molar-refractivity contribution in [2.24, 2.45) is 17.8 Å². The molecule has 1 aliphatic carbocycles. The lowest BCUT2D eigenvalue weighted by atomic mass is 9.83. The molecule has 1 fully saturated rings. The van der Waals surface area contributed by atoms with Gasteiger partial charge in [0.05, 0.1) is 0 Å². The molecule has 5 heteroatoms. The number of carbonyl (C=O) groups excluding carboxylic acids is 1. The summed E-state index contributed by atoms with van der Waals surface area (Å²) in [5.74, 6) is 0.844. The van der Waals surface area contributed by atoms with Gasteiger partial charge in [0.15, 0.2) is 0 Å². The van der Waals surface area contributed by atoms with Crippen LogP contribution in [-0.4, -0.2) is 30.2 Å². The maximum absolute atomic E-state index is 11.7. The van der Waals surface area contributed by atoms with E-state index in [1.807, 2.05) is 6.92 Å². The summed E-state index contributed by atoms with van der Waals surface area (Å²) >= 11 is 0. The Bertz CT molecular complexity index is 312. The first-order valence-electron chi connectivity index (χ1n) is 7.70. The molecule has 1 unspecified atom stereocenters. The van der Waals surface area contributed by atoms with Crippen LogP contribution in [0.4, 0.5) is 4.79 Å². The summed E-state index contributed by atoms with van der Waals surface area (Å²) in [6.07, 6.45) is 5.69. The van der Waals surface area contributed by atoms with Crippen molar-refractivity contribution >= 4 is 12.0 Å². The summed E-state index contributed by atoms with van der Waals surface area (Å²) in [6.45, 7) is 5.52. The van der Waals surface area contributed by atoms with Gasteiger partial charge in [-0.05, 0) is 37.0 Å². The van der Waals surface area contributed by atoms with Gasteiger partial charge in [-0.25, -0.2) is 4.79 Å². The molecule has 0 spiro atoms. The Kier molecular flexibility index (Phi) is 7.41. The molecule has 116 valence electrons. The van der Waals surface area contributed by atoms with Crippen LogP contribution in [0.15, 0.2) is 0 Å². The maximum atomic E-state index is 11.7. The lowest BCUT2D eigenvalue weighted by Crippen LogP contribution is -2.40. The Morgan fingerprint density at radius 1 is 1.20 bits per heavy atom. The van der Waals surface area contributed by atoms with Gasteiger partial charge in [-0.2, -0.15) is 0 Å². The van der Waals surface area contributed by atoms with Gasteiger partial charge in [-0.15, -0.1) is 0 Å². The van der Waals surface area contributed by atoms with Crippen LogP contribution in [0.25, 0.3) is 0 Å². The van der Waals surface area contributed by atoms with E-state index in [2.05, 4.69) is 17.6 Å². The molecule has 3 N–H and O–H groups in total. The third-order valence-electron chi connectivity index (χ3n) is 4.15. The van der Waals surface area contributed by atoms with E-state index in [-0.39, 0.29) is 18.4 Å². The monoisotopic (exact) mass is 284 g/mol. The van der Waals surface area contributed by atoms with Crippen LogP contribution >= 0.6 is 0 Å². The third-order valence-corrected chi connectivity index (χ3v) is 4.15. The molecule has 1 aliphatic rings. The zero-order chi connectivity index (χ0) is 15.0. The van der Waals surface area contributed by atoms with E-state index in [0.717, 1.165) is 12.5 Å². The fourth-order valence-corrected chi connectivity index (χ4v) is 2.57. The summed E-state index contributed by atoms with van der Waals surface area (Å²) in [5, 5.41) is 14.3. The second-order valence-electron chi connectivity index (χ2n) is 6.25. The molecule has 0 heterocycles. The van der Waals surface area contributed by atoms with Crippen molar-refractivity contribution in [3.8, 4) is 0 Å². The Morgan fingerprint density at radius 2 is 1.85 bits per heavy atom. The molecule has 0 aliphatic heterocycles. The van der Waals surface area contributed by atoms with Gasteiger partial charge >= 0.3 is 12.0 Å². The molecule has 2 amide bonds. The van der Waals surface area contributed by atoms with Crippen LogP contribution in [-0.2, 0) is 4.79 Å². The summed E-state index contributed by atoms with van der Waals surface area (Å²) in [4.78, 5) is 22.1. The normalized spacial score (nSPS) is 23.9. The highest BCUT2D eigenvalue weighted by Gasteiger charge is 2.18. The number of urea groups is 1. The fraction of sp³-hybridized carbons (Fsp3) is 0.867. The number of hydrogen-bond acceptors (Lipinski definition) is 2. The van der Waals surface area contributed by atoms with Gasteiger partial charge in [0.1, 0.15) is 0 Å². The van der Waals surface area contributed by atoms with Gasteiger partial charge < -0.3 is 15.7 Å². The molecule has 0 saturated heterocycles. The van der Waals surface area contributed by atoms with Gasteiger partial charge in [0, 0.05) is 19.5 Å². The molecular formula is C15H28N2O3. The lowest BCUT2D eigenvalue weighted by molar-refractivity contribution is -0.137. The molecule has 0 aromatic rings. The largest absolute Gasteiger partial charge is 0.481 e. The number of nitrogens with one attached hydrogen (secondary N) is 2. The SMILES string of the molecule is CC1CCC(CNC(=O)NCC(C)CCC(=O)O)CC1. The van der Waals surface area contributed by atoms with Crippen molar-refractivity contribution in [3.63, 3.8) is 0 Å². The molecule has 1 atom stereocenters. The topological polar surface area (TPSA) is 78.4 Å². The fourth-order valence-electron chi connectivity index (χ4n) is 2.57. The van der Waals surface area contributed by atoms with Crippen LogP contribution in [0.5, 0.6) is 0 Å². The van der Waals surface area contributed by atoms with E-state index in [1.54, 1.807) is 0 Å². The van der Waals surface area contributed by atoms with E-state index >= 15 is 0 Å². The summed E-state index contributed by atoms with van der Waals surface area (Å²) in [7, 11) is 0. The number of aliphatic carboxylic acids is 1. The van der Waals surface area contributed by atoms with Gasteiger partial charge in [0.25, 0.3) is 0 Å². The highest BCUT2D eigenvalue weighted by Crippen LogP contribution is 2.27. The van der Waals surface area contributed by atoms with Crippen LogP contribution in [0.2, 0.25) is 0 Å². The Morgan fingerprint density at radius 3 is 2.45 bits per heavy atom. The Balaban J connectivity index is 2.06. The van der Waals surface area contributed by atoms with Crippen LogP contribution in [0.1, 0.15) is 52.4 Å². The predicted molar refractivity (Wildman–Crippen MR) is 78.6 cm³/mol. The van der Waals surface area contributed by atoms with Crippen LogP contribution < -0.4 is 10.6 Å². The van der Waals surface area contributed by atoms with E-state index < -0.39 is 5.97 Å². The minimum absolute atomic E-state index is 0.134. The van der Waals surface area contributed by atoms with E-state index in [9.17, 15) is 9.59 Å². The molecule has 0 aromatic carbocycles. The van der Waals surface area contributed by atoms with Crippen molar-refractivity contribution in [3.05, 3.63) is 0 Å². The second kappa shape index (κ2) is 8.82. The lowest BCUT2D eigenvalue weighted by Gasteiger charge is -2.26. The van der Waals surface area contributed by atoms with E-state index in [0.29, 0.717) is 18.9 Å². The standard InChI is InChI=1S/C15H28N2O3/c1-11-3-6-13(7-4-11)10-17-15(20)16-9-12(2)5-8-14(18)19/h11-13H,3-10H2,1-2H3,(H,18,19)(H2,16,17,20). The summed E-state index contributed by atoms with van der Waals surface area (Å²) in [6, 6.07) is -0.134. The highest BCUT2D eigenvalue weighted by atomic mass is 16.4. The minimum atomic E-state index is -0.784. The Labute approximate surface area is 121 Å². The van der Waals surface area contributed by atoms with E-state index in [1.165, 1.54) is 25.7 Å². The van der Waals surface area contributed by atoms with Crippen molar-refractivity contribution in [1.82, 2.24) is 10.6 Å². The van der Waals surface area contributed by atoms with Crippen molar-refractivity contribution in [1.29, 1.82) is 0 Å². The first kappa shape index (κ1) is 16.8. The number of carbonyl (C=O) groups is 2. The maximum Gasteiger partial charge on any atom is 0.314 e. The zero-order valence-electron chi connectivity index (χ0n) is 12.7. The molecule has 1 saturated carbocycles. The Hall–Kier alpha value is -1.26. The number of amides is 2. The smallest absolute Gasteiger partial charge is 0.314 e. The molecule has 1 rings (SSSR count). The molecule has 0 bridgehead atoms. The highest BCUT2D eigenvalue weighted by molar-refractivity contribution is 5.73. The quantitative estimate of drug-likeness (QED) is 0.672. The van der Waals surface area contributed by atoms with Gasteiger partial charge in [-0.3, -0.25) is 4.79 Å². The first-order chi connectivity index (χ1) is 9.47.